The van der Waals surface area contributed by atoms with Gasteiger partial charge in [-0.15, -0.1) is 0 Å². The van der Waals surface area contributed by atoms with Gasteiger partial charge >= 0.3 is 0 Å². The average Bonchev–Trinajstić information content (AvgIpc) is 2.78. The summed E-state index contributed by atoms with van der Waals surface area (Å²) in [6.07, 6.45) is 6.91. The van der Waals surface area contributed by atoms with Gasteiger partial charge in [-0.1, -0.05) is 12.1 Å². The Hall–Kier alpha value is -3.23. The van der Waals surface area contributed by atoms with Gasteiger partial charge in [0.2, 0.25) is 5.95 Å². The summed E-state index contributed by atoms with van der Waals surface area (Å²) in [6, 6.07) is 8.55. The average molecular weight is 463 g/mol. The molecule has 1 atom stereocenters. The van der Waals surface area contributed by atoms with Crippen LogP contribution in [-0.2, 0) is 6.42 Å². The molecule has 3 heterocycles. The number of fused-ring (bicyclic) bond motifs is 1. The van der Waals surface area contributed by atoms with E-state index in [1.165, 1.54) is 31.6 Å². The Bertz CT molecular complexity index is 1150. The van der Waals surface area contributed by atoms with Crippen molar-refractivity contribution in [3.63, 3.8) is 0 Å². The van der Waals surface area contributed by atoms with Crippen LogP contribution in [0.3, 0.4) is 0 Å². The van der Waals surface area contributed by atoms with Gasteiger partial charge in [0, 0.05) is 42.4 Å². The molecule has 34 heavy (non-hydrogen) atoms. The number of nitrogens with two attached hydrogens (primary N) is 1. The Kier molecular flexibility index (Phi) is 7.59. The summed E-state index contributed by atoms with van der Waals surface area (Å²) >= 11 is 0. The molecular formula is C26H31FN6O. The van der Waals surface area contributed by atoms with Crippen LogP contribution in [-0.4, -0.2) is 56.9 Å². The van der Waals surface area contributed by atoms with Gasteiger partial charge in [0.1, 0.15) is 5.82 Å². The molecule has 8 heteroatoms. The van der Waals surface area contributed by atoms with Crippen LogP contribution in [0, 0.1) is 18.2 Å². The van der Waals surface area contributed by atoms with Crippen LogP contribution >= 0.6 is 0 Å². The fourth-order valence-electron chi connectivity index (χ4n) is 4.63. The highest BCUT2D eigenvalue weighted by atomic mass is 19.1. The van der Waals surface area contributed by atoms with Gasteiger partial charge in [0.15, 0.2) is 0 Å². The molecule has 1 aromatic carbocycles. The number of aliphatic hydroxyl groups is 1. The van der Waals surface area contributed by atoms with Crippen molar-refractivity contribution in [1.82, 2.24) is 19.9 Å². The van der Waals surface area contributed by atoms with Crippen molar-refractivity contribution in [1.29, 1.82) is 5.41 Å². The third-order valence-electron chi connectivity index (χ3n) is 6.38. The van der Waals surface area contributed by atoms with Gasteiger partial charge in [-0.2, -0.15) is 0 Å². The van der Waals surface area contributed by atoms with Crippen molar-refractivity contribution in [2.75, 3.05) is 32.0 Å². The van der Waals surface area contributed by atoms with E-state index < -0.39 is 0 Å². The molecule has 2 aromatic heterocycles. The van der Waals surface area contributed by atoms with Crippen molar-refractivity contribution >= 4 is 11.7 Å². The smallest absolute Gasteiger partial charge is 0.220 e. The molecule has 0 radical (unpaired) electrons. The van der Waals surface area contributed by atoms with Crippen molar-refractivity contribution in [2.24, 2.45) is 0 Å². The van der Waals surface area contributed by atoms with Crippen LogP contribution in [0.2, 0.25) is 0 Å². The second kappa shape index (κ2) is 10.8. The Balaban J connectivity index is 0.000000291. The lowest BCUT2D eigenvalue weighted by atomic mass is 9.78. The number of benzene rings is 1. The first-order chi connectivity index (χ1) is 16.5. The predicted octanol–water partition coefficient (Wildman–Crippen LogP) is 3.74. The molecule has 1 saturated heterocycles. The summed E-state index contributed by atoms with van der Waals surface area (Å²) in [4.78, 5) is 15.0. The molecule has 4 N–H and O–H groups in total. The SMILES string of the molecule is Cc1nc(N)nc2c1C(=N)CC(c1ccc(F)cc1-c1cccnc1)C2.OCCCN1CCC1. The Morgan fingerprint density at radius 2 is 2.03 bits per heavy atom. The van der Waals surface area contributed by atoms with Crippen LogP contribution in [0.25, 0.3) is 11.1 Å². The van der Waals surface area contributed by atoms with Gasteiger partial charge in [-0.3, -0.25) is 4.98 Å². The lowest BCUT2D eigenvalue weighted by Gasteiger charge is -2.30. The third-order valence-corrected chi connectivity index (χ3v) is 6.38. The quantitative estimate of drug-likeness (QED) is 0.533. The minimum absolute atomic E-state index is 0.0273. The monoisotopic (exact) mass is 462 g/mol. The highest BCUT2D eigenvalue weighted by Crippen LogP contribution is 2.38. The van der Waals surface area contributed by atoms with Crippen LogP contribution in [0.15, 0.2) is 42.7 Å². The lowest BCUT2D eigenvalue weighted by Crippen LogP contribution is -2.37. The van der Waals surface area contributed by atoms with E-state index in [9.17, 15) is 4.39 Å². The number of nitrogens with zero attached hydrogens (tertiary/aromatic N) is 4. The Morgan fingerprint density at radius 3 is 2.71 bits per heavy atom. The molecule has 1 aliphatic heterocycles. The van der Waals surface area contributed by atoms with E-state index in [0.717, 1.165) is 46.6 Å². The largest absolute Gasteiger partial charge is 0.396 e. The number of aromatic nitrogens is 3. The van der Waals surface area contributed by atoms with E-state index in [-0.39, 0.29) is 17.7 Å². The topological polar surface area (TPSA) is 112 Å². The summed E-state index contributed by atoms with van der Waals surface area (Å²) < 4.78 is 13.9. The van der Waals surface area contributed by atoms with Crippen LogP contribution in [0.5, 0.6) is 0 Å². The fraction of sp³-hybridized carbons (Fsp3) is 0.385. The molecule has 0 bridgehead atoms. The maximum atomic E-state index is 13.9. The van der Waals surface area contributed by atoms with Gasteiger partial charge in [-0.25, -0.2) is 14.4 Å². The number of nitrogens with one attached hydrogen (secondary N) is 1. The first kappa shape index (κ1) is 23.9. The Labute approximate surface area is 199 Å². The van der Waals surface area contributed by atoms with E-state index in [4.69, 9.17) is 16.2 Å². The van der Waals surface area contributed by atoms with Gasteiger partial charge < -0.3 is 21.1 Å². The summed E-state index contributed by atoms with van der Waals surface area (Å²) in [7, 11) is 0. The van der Waals surface area contributed by atoms with Crippen LogP contribution in [0.4, 0.5) is 10.3 Å². The minimum Gasteiger partial charge on any atom is -0.396 e. The number of halogens is 1. The van der Waals surface area contributed by atoms with Crippen molar-refractivity contribution in [3.05, 3.63) is 71.1 Å². The number of pyridine rings is 1. The molecule has 3 aromatic rings. The number of rotatable bonds is 5. The fourth-order valence-corrected chi connectivity index (χ4v) is 4.63. The molecule has 1 unspecified atom stereocenters. The van der Waals surface area contributed by atoms with Crippen LogP contribution in [0.1, 0.15) is 47.7 Å². The zero-order chi connectivity index (χ0) is 24.1. The molecule has 0 spiro atoms. The number of anilines is 1. The van der Waals surface area contributed by atoms with Crippen LogP contribution < -0.4 is 5.73 Å². The third kappa shape index (κ3) is 5.46. The standard InChI is InChI=1S/C20H18FN5.C6H13NO/c1-11-19-17(22)7-13(8-18(19)26-20(23)25-11)15-5-4-14(21)9-16(15)12-3-2-6-24-10-12;8-6-2-5-7-3-1-4-7/h2-6,9-10,13,22H,7-8H2,1H3,(H2,23,25,26);8H,1-6H2. The second-order valence-electron chi connectivity index (χ2n) is 8.82. The lowest BCUT2D eigenvalue weighted by molar-refractivity contribution is 0.161. The van der Waals surface area contributed by atoms with Gasteiger partial charge in [0.05, 0.1) is 11.4 Å². The number of likely N-dealkylation sites (tertiary alicyclic amines) is 1. The van der Waals surface area contributed by atoms with Crippen molar-refractivity contribution < 1.29 is 9.50 Å². The molecule has 0 saturated carbocycles. The number of aliphatic hydroxyl groups excluding tert-OH is 1. The van der Waals surface area contributed by atoms with E-state index in [1.54, 1.807) is 18.5 Å². The number of hydrogen-bond acceptors (Lipinski definition) is 7. The molecule has 7 nitrogen and oxygen atoms in total. The van der Waals surface area contributed by atoms with Crippen molar-refractivity contribution in [2.45, 2.75) is 38.5 Å². The van der Waals surface area contributed by atoms with Crippen molar-refractivity contribution in [3.8, 4) is 11.1 Å². The van der Waals surface area contributed by atoms with Gasteiger partial charge in [0.25, 0.3) is 0 Å². The molecule has 1 fully saturated rings. The summed E-state index contributed by atoms with van der Waals surface area (Å²) in [5, 5.41) is 16.9. The summed E-state index contributed by atoms with van der Waals surface area (Å²) in [6.45, 7) is 5.79. The molecule has 178 valence electrons. The first-order valence-electron chi connectivity index (χ1n) is 11.7. The van der Waals surface area contributed by atoms with E-state index in [0.29, 0.717) is 25.2 Å². The maximum Gasteiger partial charge on any atom is 0.220 e. The second-order valence-corrected chi connectivity index (χ2v) is 8.82. The normalized spacial score (nSPS) is 17.4. The number of nitrogen functional groups attached to an aromatic ring is 1. The Morgan fingerprint density at radius 1 is 1.21 bits per heavy atom. The predicted molar refractivity (Wildman–Crippen MR) is 131 cm³/mol. The van der Waals surface area contributed by atoms with E-state index >= 15 is 0 Å². The highest BCUT2D eigenvalue weighted by molar-refractivity contribution is 6.01. The first-order valence-corrected chi connectivity index (χ1v) is 11.7. The zero-order valence-electron chi connectivity index (χ0n) is 19.5. The molecule has 1 aliphatic carbocycles. The van der Waals surface area contributed by atoms with E-state index in [2.05, 4.69) is 19.9 Å². The zero-order valence-corrected chi connectivity index (χ0v) is 19.5. The van der Waals surface area contributed by atoms with E-state index in [1.807, 2.05) is 19.1 Å². The molecular weight excluding hydrogens is 431 g/mol. The summed E-state index contributed by atoms with van der Waals surface area (Å²) in [5.74, 6) is -0.0397. The minimum atomic E-state index is -0.290. The maximum absolute atomic E-state index is 13.9. The van der Waals surface area contributed by atoms with Gasteiger partial charge in [-0.05, 0) is 80.9 Å². The summed E-state index contributed by atoms with van der Waals surface area (Å²) in [5.41, 5.74) is 11.3. The molecule has 0 amide bonds. The highest BCUT2D eigenvalue weighted by Gasteiger charge is 2.29. The molecule has 5 rings (SSSR count). The molecule has 2 aliphatic rings. The number of hydrogen-bond donors (Lipinski definition) is 3. The number of aryl methyl sites for hydroxylation is 1.